The molecule has 0 bridgehead atoms. The second kappa shape index (κ2) is 13.3. The lowest BCUT2D eigenvalue weighted by Crippen LogP contribution is -2.52. The molecule has 3 rings (SSSR count). The van der Waals surface area contributed by atoms with Crippen molar-refractivity contribution in [2.24, 2.45) is 0 Å². The molecule has 3 aromatic carbocycles. The number of carbonyl (C=O) groups is 2. The molecule has 7 nitrogen and oxygen atoms in total. The molecule has 0 spiro atoms. The maximum Gasteiger partial charge on any atom is 0.264 e. The topological polar surface area (TPSA) is 86.8 Å². The van der Waals surface area contributed by atoms with Crippen LogP contribution >= 0.6 is 23.2 Å². The Hall–Kier alpha value is -3.14. The summed E-state index contributed by atoms with van der Waals surface area (Å²) in [7, 11) is -4.29. The van der Waals surface area contributed by atoms with Crippen LogP contribution in [0, 0.1) is 5.82 Å². The van der Waals surface area contributed by atoms with Crippen LogP contribution < -0.4 is 9.62 Å². The molecule has 2 amide bonds. The van der Waals surface area contributed by atoms with Gasteiger partial charge in [-0.15, -0.1) is 0 Å². The predicted octanol–water partition coefficient (Wildman–Crippen LogP) is 5.66. The van der Waals surface area contributed by atoms with Crippen molar-refractivity contribution in [3.8, 4) is 0 Å². The van der Waals surface area contributed by atoms with Crippen molar-refractivity contribution < 1.29 is 22.4 Å². The first kappa shape index (κ1) is 30.4. The van der Waals surface area contributed by atoms with Crippen molar-refractivity contribution in [1.82, 2.24) is 10.2 Å². The fraction of sp³-hybridized carbons (Fsp3) is 0.286. The monoisotopic (exact) mass is 593 g/mol. The Bertz CT molecular complexity index is 1390. The third-order valence-corrected chi connectivity index (χ3v) is 8.78. The summed E-state index contributed by atoms with van der Waals surface area (Å²) in [4.78, 5) is 28.0. The summed E-state index contributed by atoms with van der Waals surface area (Å²) in [5.41, 5.74) is 0.646. The minimum Gasteiger partial charge on any atom is -0.352 e. The molecule has 0 heterocycles. The van der Waals surface area contributed by atoms with Gasteiger partial charge in [0.2, 0.25) is 11.8 Å². The number of nitrogens with one attached hydrogen (secondary N) is 1. The number of hydrogen-bond donors (Lipinski definition) is 1. The molecule has 0 aliphatic rings. The van der Waals surface area contributed by atoms with Crippen molar-refractivity contribution in [3.63, 3.8) is 0 Å². The number of halogens is 3. The number of nitrogens with zero attached hydrogens (tertiary/aromatic N) is 2. The van der Waals surface area contributed by atoms with Crippen molar-refractivity contribution in [2.75, 3.05) is 10.8 Å². The SMILES string of the molecule is CC[C@H](C)NC(=O)[C@H](C)N(Cc1c(Cl)cccc1Cl)C(=O)CN(c1ccccc1)S(=O)(=O)c1ccc(F)cc1. The molecule has 0 radical (unpaired) electrons. The number of amides is 2. The smallest absolute Gasteiger partial charge is 0.264 e. The lowest BCUT2D eigenvalue weighted by molar-refractivity contribution is -0.139. The van der Waals surface area contributed by atoms with Crippen molar-refractivity contribution in [1.29, 1.82) is 0 Å². The summed E-state index contributed by atoms with van der Waals surface area (Å²) in [5, 5.41) is 3.46. The Kier molecular flexibility index (Phi) is 10.4. The Morgan fingerprint density at radius 3 is 2.08 bits per heavy atom. The van der Waals surface area contributed by atoms with Crippen LogP contribution in [0.25, 0.3) is 0 Å². The van der Waals surface area contributed by atoms with E-state index in [4.69, 9.17) is 23.2 Å². The number of anilines is 1. The first-order valence-corrected chi connectivity index (χ1v) is 14.5. The minimum absolute atomic E-state index is 0.133. The first-order chi connectivity index (χ1) is 18.4. The summed E-state index contributed by atoms with van der Waals surface area (Å²) in [6, 6.07) is 16.2. The Morgan fingerprint density at radius 2 is 1.51 bits per heavy atom. The van der Waals surface area contributed by atoms with Crippen molar-refractivity contribution >= 4 is 50.7 Å². The Balaban J connectivity index is 2.04. The standard InChI is InChI=1S/C28H30Cl2FN3O4S/c1-4-19(2)32-28(36)20(3)33(17-24-25(29)11-8-12-26(24)30)27(35)18-34(22-9-6-5-7-10-22)39(37,38)23-15-13-21(31)14-16-23/h5-16,19-20H,4,17-18H2,1-3H3,(H,32,36)/t19-,20-/m0/s1. The highest BCUT2D eigenvalue weighted by atomic mass is 35.5. The van der Waals surface area contributed by atoms with Gasteiger partial charge in [-0.1, -0.05) is 54.4 Å². The largest absolute Gasteiger partial charge is 0.352 e. The first-order valence-electron chi connectivity index (χ1n) is 12.3. The highest BCUT2D eigenvalue weighted by molar-refractivity contribution is 7.92. The second-order valence-electron chi connectivity index (χ2n) is 9.02. The maximum absolute atomic E-state index is 13.9. The average molecular weight is 595 g/mol. The minimum atomic E-state index is -4.29. The zero-order valence-electron chi connectivity index (χ0n) is 21.8. The summed E-state index contributed by atoms with van der Waals surface area (Å²) in [6.07, 6.45) is 0.681. The normalized spacial score (nSPS) is 12.9. The van der Waals surface area contributed by atoms with Crippen LogP contribution in [0.15, 0.2) is 77.7 Å². The molecule has 208 valence electrons. The van der Waals surface area contributed by atoms with Crippen LogP contribution in [0.5, 0.6) is 0 Å². The van der Waals surface area contributed by atoms with Crippen molar-refractivity contribution in [3.05, 3.63) is 94.2 Å². The van der Waals surface area contributed by atoms with E-state index >= 15 is 0 Å². The molecule has 39 heavy (non-hydrogen) atoms. The van der Waals surface area contributed by atoms with Gasteiger partial charge in [0.05, 0.1) is 10.6 Å². The lowest BCUT2D eigenvalue weighted by Gasteiger charge is -2.32. The van der Waals surface area contributed by atoms with Gasteiger partial charge in [0.15, 0.2) is 0 Å². The fourth-order valence-electron chi connectivity index (χ4n) is 3.76. The number of benzene rings is 3. The molecule has 0 saturated carbocycles. The van der Waals surface area contributed by atoms with E-state index in [1.54, 1.807) is 55.5 Å². The van der Waals surface area contributed by atoms with E-state index in [1.165, 1.54) is 4.90 Å². The third kappa shape index (κ3) is 7.50. The van der Waals surface area contributed by atoms with Crippen LogP contribution in [0.3, 0.4) is 0 Å². The van der Waals surface area contributed by atoms with Gasteiger partial charge in [-0.2, -0.15) is 0 Å². The number of rotatable bonds is 11. The quantitative estimate of drug-likeness (QED) is 0.311. The second-order valence-corrected chi connectivity index (χ2v) is 11.7. The van der Waals surface area contributed by atoms with Gasteiger partial charge in [-0.05, 0) is 68.8 Å². The van der Waals surface area contributed by atoms with Gasteiger partial charge in [0, 0.05) is 28.2 Å². The molecule has 2 atom stereocenters. The third-order valence-electron chi connectivity index (χ3n) is 6.28. The molecule has 0 fully saturated rings. The lowest BCUT2D eigenvalue weighted by atomic mass is 10.1. The van der Waals surface area contributed by atoms with E-state index in [1.807, 2.05) is 13.8 Å². The number of sulfonamides is 1. The highest BCUT2D eigenvalue weighted by Crippen LogP contribution is 2.28. The zero-order chi connectivity index (χ0) is 28.7. The molecule has 3 aromatic rings. The number of hydrogen-bond acceptors (Lipinski definition) is 4. The van der Waals surface area contributed by atoms with Gasteiger partial charge in [0.25, 0.3) is 10.0 Å². The number of carbonyl (C=O) groups excluding carboxylic acids is 2. The summed E-state index contributed by atoms with van der Waals surface area (Å²) in [6.45, 7) is 4.55. The van der Waals surface area contributed by atoms with Gasteiger partial charge in [-0.25, -0.2) is 12.8 Å². The van der Waals surface area contributed by atoms with Crippen molar-refractivity contribution in [2.45, 2.75) is 50.7 Å². The Labute approximate surface area is 238 Å². The molecule has 0 saturated heterocycles. The van der Waals surface area contributed by atoms with E-state index in [2.05, 4.69) is 5.32 Å². The van der Waals surface area contributed by atoms with E-state index in [-0.39, 0.29) is 23.2 Å². The average Bonchev–Trinajstić information content (AvgIpc) is 2.91. The molecular formula is C28H30Cl2FN3O4S. The fourth-order valence-corrected chi connectivity index (χ4v) is 5.69. The molecule has 0 aliphatic carbocycles. The molecule has 11 heteroatoms. The van der Waals surface area contributed by atoms with E-state index < -0.39 is 40.2 Å². The molecule has 0 unspecified atom stereocenters. The van der Waals surface area contributed by atoms with Gasteiger partial charge < -0.3 is 10.2 Å². The molecule has 1 N–H and O–H groups in total. The summed E-state index contributed by atoms with van der Waals surface area (Å²) in [5.74, 6) is -1.67. The Morgan fingerprint density at radius 1 is 0.923 bits per heavy atom. The molecule has 0 aromatic heterocycles. The van der Waals surface area contributed by atoms with Crippen LogP contribution in [-0.2, 0) is 26.2 Å². The summed E-state index contributed by atoms with van der Waals surface area (Å²) < 4.78 is 41.8. The van der Waals surface area contributed by atoms with Crippen LogP contribution in [-0.4, -0.2) is 43.8 Å². The maximum atomic E-state index is 13.9. The highest BCUT2D eigenvalue weighted by Gasteiger charge is 2.33. The van der Waals surface area contributed by atoms with Crippen LogP contribution in [0.1, 0.15) is 32.8 Å². The summed E-state index contributed by atoms with van der Waals surface area (Å²) >= 11 is 12.8. The van der Waals surface area contributed by atoms with Crippen LogP contribution in [0.2, 0.25) is 10.0 Å². The predicted molar refractivity (Wildman–Crippen MR) is 152 cm³/mol. The molecule has 0 aliphatic heterocycles. The van der Waals surface area contributed by atoms with Gasteiger partial charge in [-0.3, -0.25) is 13.9 Å². The van der Waals surface area contributed by atoms with E-state index in [9.17, 15) is 22.4 Å². The van der Waals surface area contributed by atoms with Gasteiger partial charge >= 0.3 is 0 Å². The van der Waals surface area contributed by atoms with E-state index in [0.29, 0.717) is 22.0 Å². The van der Waals surface area contributed by atoms with Crippen LogP contribution in [0.4, 0.5) is 10.1 Å². The molecular weight excluding hydrogens is 564 g/mol. The van der Waals surface area contributed by atoms with E-state index in [0.717, 1.165) is 28.6 Å². The zero-order valence-corrected chi connectivity index (χ0v) is 24.1. The van der Waals surface area contributed by atoms with Gasteiger partial charge in [0.1, 0.15) is 18.4 Å². The number of para-hydroxylation sites is 1.